The summed E-state index contributed by atoms with van der Waals surface area (Å²) in [6.45, 7) is 11.0. The van der Waals surface area contributed by atoms with Crippen molar-refractivity contribution in [2.45, 2.75) is 58.9 Å². The molecule has 0 radical (unpaired) electrons. The number of unbranched alkanes of at least 4 members (excludes halogenated alkanes) is 1. The van der Waals surface area contributed by atoms with E-state index in [1.165, 1.54) is 12.8 Å². The summed E-state index contributed by atoms with van der Waals surface area (Å²) in [6.07, 6.45) is 3.57. The highest BCUT2D eigenvalue weighted by Gasteiger charge is 2.57. The summed E-state index contributed by atoms with van der Waals surface area (Å²) in [5.41, 5.74) is 0. The van der Waals surface area contributed by atoms with E-state index in [1.54, 1.807) is 0 Å². The molecule has 0 aromatic rings. The van der Waals surface area contributed by atoms with Crippen LogP contribution in [0.5, 0.6) is 0 Å². The Hall–Kier alpha value is -0.353. The van der Waals surface area contributed by atoms with Gasteiger partial charge in [-0.15, -0.1) is 0 Å². The van der Waals surface area contributed by atoms with Crippen LogP contribution in [0.2, 0.25) is 19.6 Å². The Labute approximate surface area is 106 Å². The number of hydrogen-bond acceptors (Lipinski definition) is 3. The van der Waals surface area contributed by atoms with Crippen molar-refractivity contribution >= 4 is 14.3 Å². The van der Waals surface area contributed by atoms with Crippen LogP contribution in [0.3, 0.4) is 0 Å². The first-order valence-electron chi connectivity index (χ1n) is 6.75. The third-order valence-corrected chi connectivity index (χ3v) is 4.01. The molecule has 0 spiro atoms. The van der Waals surface area contributed by atoms with Gasteiger partial charge in [0.2, 0.25) is 0 Å². The van der Waals surface area contributed by atoms with Crippen LogP contribution in [0, 0.1) is 11.8 Å². The molecule has 1 fully saturated rings. The standard InChI is InChI=1S/C13H26O3Si/c1-6-8-9-10-11(13(14)15-7-2)12(10)16-17(3,4)5/h10-12H,6-9H2,1-5H3. The van der Waals surface area contributed by atoms with Crippen LogP contribution < -0.4 is 0 Å². The van der Waals surface area contributed by atoms with Gasteiger partial charge in [-0.2, -0.15) is 0 Å². The molecule has 0 saturated heterocycles. The average molecular weight is 258 g/mol. The minimum Gasteiger partial charge on any atom is -0.466 e. The Morgan fingerprint density at radius 2 is 1.88 bits per heavy atom. The topological polar surface area (TPSA) is 35.5 Å². The predicted molar refractivity (Wildman–Crippen MR) is 71.4 cm³/mol. The van der Waals surface area contributed by atoms with Crippen LogP contribution in [-0.2, 0) is 14.0 Å². The Morgan fingerprint density at radius 1 is 1.24 bits per heavy atom. The zero-order valence-corrected chi connectivity index (χ0v) is 12.8. The van der Waals surface area contributed by atoms with Gasteiger partial charge in [-0.05, 0) is 33.0 Å². The lowest BCUT2D eigenvalue weighted by molar-refractivity contribution is -0.145. The Kier molecular flexibility index (Phi) is 5.19. The van der Waals surface area contributed by atoms with Crippen LogP contribution in [0.15, 0.2) is 0 Å². The predicted octanol–water partition coefficient (Wildman–Crippen LogP) is 3.21. The van der Waals surface area contributed by atoms with E-state index in [2.05, 4.69) is 26.6 Å². The maximum absolute atomic E-state index is 11.8. The summed E-state index contributed by atoms with van der Waals surface area (Å²) in [7, 11) is -1.56. The number of ether oxygens (including phenoxy) is 1. The molecule has 0 bridgehead atoms. The fraction of sp³-hybridized carbons (Fsp3) is 0.923. The lowest BCUT2D eigenvalue weighted by atomic mass is 10.1. The lowest BCUT2D eigenvalue weighted by Gasteiger charge is -2.17. The van der Waals surface area contributed by atoms with Crippen LogP contribution in [0.25, 0.3) is 0 Å². The first-order valence-corrected chi connectivity index (χ1v) is 10.2. The van der Waals surface area contributed by atoms with E-state index >= 15 is 0 Å². The van der Waals surface area contributed by atoms with E-state index in [1.807, 2.05) is 6.92 Å². The summed E-state index contributed by atoms with van der Waals surface area (Å²) in [4.78, 5) is 11.8. The maximum atomic E-state index is 11.8. The Balaban J connectivity index is 2.51. The monoisotopic (exact) mass is 258 g/mol. The summed E-state index contributed by atoms with van der Waals surface area (Å²) < 4.78 is 11.2. The highest BCUT2D eigenvalue weighted by Crippen LogP contribution is 2.47. The summed E-state index contributed by atoms with van der Waals surface area (Å²) >= 11 is 0. The number of carbonyl (C=O) groups is 1. The van der Waals surface area contributed by atoms with Crippen molar-refractivity contribution in [1.29, 1.82) is 0 Å². The van der Waals surface area contributed by atoms with Gasteiger partial charge in [0.1, 0.15) is 0 Å². The van der Waals surface area contributed by atoms with Crippen LogP contribution >= 0.6 is 0 Å². The second kappa shape index (κ2) is 6.00. The average Bonchev–Trinajstić information content (AvgIpc) is 2.85. The lowest BCUT2D eigenvalue weighted by Crippen LogP contribution is -2.28. The van der Waals surface area contributed by atoms with Crippen molar-refractivity contribution < 1.29 is 14.0 Å². The molecular formula is C13H26O3Si. The molecule has 0 aromatic carbocycles. The normalized spacial score (nSPS) is 27.9. The molecule has 0 aromatic heterocycles. The van der Waals surface area contributed by atoms with E-state index in [4.69, 9.17) is 9.16 Å². The summed E-state index contributed by atoms with van der Waals surface area (Å²) in [5.74, 6) is 0.353. The number of carbonyl (C=O) groups excluding carboxylic acids is 1. The molecule has 17 heavy (non-hydrogen) atoms. The minimum absolute atomic E-state index is 0.00762. The minimum atomic E-state index is -1.56. The Morgan fingerprint density at radius 3 is 2.35 bits per heavy atom. The number of rotatable bonds is 7. The molecular weight excluding hydrogens is 232 g/mol. The van der Waals surface area contributed by atoms with Gasteiger partial charge in [-0.1, -0.05) is 19.8 Å². The fourth-order valence-electron chi connectivity index (χ4n) is 2.24. The third kappa shape index (κ3) is 4.43. The van der Waals surface area contributed by atoms with Gasteiger partial charge >= 0.3 is 5.97 Å². The van der Waals surface area contributed by atoms with E-state index in [0.29, 0.717) is 12.5 Å². The third-order valence-electron chi connectivity index (χ3n) is 3.04. The van der Waals surface area contributed by atoms with Crippen molar-refractivity contribution in [2.75, 3.05) is 6.61 Å². The van der Waals surface area contributed by atoms with Gasteiger partial charge < -0.3 is 9.16 Å². The van der Waals surface area contributed by atoms with Crippen molar-refractivity contribution in [3.05, 3.63) is 0 Å². The zero-order valence-electron chi connectivity index (χ0n) is 11.8. The van der Waals surface area contributed by atoms with E-state index in [0.717, 1.165) is 6.42 Å². The second-order valence-corrected chi connectivity index (χ2v) is 10.2. The second-order valence-electron chi connectivity index (χ2n) is 5.78. The molecule has 3 atom stereocenters. The first-order chi connectivity index (χ1) is 7.90. The van der Waals surface area contributed by atoms with Gasteiger partial charge in [0.05, 0.1) is 18.6 Å². The molecule has 1 aliphatic carbocycles. The van der Waals surface area contributed by atoms with Gasteiger partial charge in [0.25, 0.3) is 0 Å². The highest BCUT2D eigenvalue weighted by molar-refractivity contribution is 6.69. The van der Waals surface area contributed by atoms with Gasteiger partial charge in [0, 0.05) is 5.92 Å². The van der Waals surface area contributed by atoms with Crippen molar-refractivity contribution in [3.8, 4) is 0 Å². The Bertz CT molecular complexity index is 260. The molecule has 3 unspecified atom stereocenters. The molecule has 4 heteroatoms. The van der Waals surface area contributed by atoms with Gasteiger partial charge in [-0.25, -0.2) is 0 Å². The SMILES string of the molecule is CCCCC1C(O[Si](C)(C)C)C1C(=O)OCC. The molecule has 0 heterocycles. The summed E-state index contributed by atoms with van der Waals surface area (Å²) in [5, 5.41) is 0. The molecule has 0 amide bonds. The molecule has 0 N–H and O–H groups in total. The summed E-state index contributed by atoms with van der Waals surface area (Å²) in [6, 6.07) is 0. The zero-order chi connectivity index (χ0) is 13.1. The van der Waals surface area contributed by atoms with E-state index in [-0.39, 0.29) is 18.0 Å². The largest absolute Gasteiger partial charge is 0.466 e. The van der Waals surface area contributed by atoms with E-state index < -0.39 is 8.32 Å². The highest BCUT2D eigenvalue weighted by atomic mass is 28.4. The van der Waals surface area contributed by atoms with Crippen molar-refractivity contribution in [1.82, 2.24) is 0 Å². The number of hydrogen-bond donors (Lipinski definition) is 0. The quantitative estimate of drug-likeness (QED) is 0.519. The molecule has 0 aliphatic heterocycles. The van der Waals surface area contributed by atoms with Gasteiger partial charge in [0.15, 0.2) is 8.32 Å². The molecule has 1 saturated carbocycles. The van der Waals surface area contributed by atoms with Crippen LogP contribution in [-0.4, -0.2) is 27.0 Å². The fourth-order valence-corrected chi connectivity index (χ4v) is 3.38. The smallest absolute Gasteiger partial charge is 0.311 e. The molecule has 1 rings (SSSR count). The number of esters is 1. The molecule has 1 aliphatic rings. The van der Waals surface area contributed by atoms with Crippen LogP contribution in [0.1, 0.15) is 33.1 Å². The molecule has 100 valence electrons. The van der Waals surface area contributed by atoms with Crippen molar-refractivity contribution in [3.63, 3.8) is 0 Å². The van der Waals surface area contributed by atoms with E-state index in [9.17, 15) is 4.79 Å². The molecule has 3 nitrogen and oxygen atoms in total. The van der Waals surface area contributed by atoms with Gasteiger partial charge in [-0.3, -0.25) is 4.79 Å². The van der Waals surface area contributed by atoms with Crippen LogP contribution in [0.4, 0.5) is 0 Å². The maximum Gasteiger partial charge on any atom is 0.311 e. The van der Waals surface area contributed by atoms with Crippen molar-refractivity contribution in [2.24, 2.45) is 11.8 Å². The first kappa shape index (κ1) is 14.7.